The van der Waals surface area contributed by atoms with E-state index in [1.54, 1.807) is 14.0 Å². The second kappa shape index (κ2) is 11.3. The van der Waals surface area contributed by atoms with Crippen molar-refractivity contribution in [2.75, 3.05) is 32.1 Å². The molecular formula is C16H26N4O6. The van der Waals surface area contributed by atoms with Crippen LogP contribution in [0, 0.1) is 0 Å². The molecule has 1 amide bonds. The summed E-state index contributed by atoms with van der Waals surface area (Å²) in [6.45, 7) is 3.37. The van der Waals surface area contributed by atoms with Crippen LogP contribution in [-0.2, 0) is 19.1 Å². The minimum atomic E-state index is -0.620. The zero-order valence-electron chi connectivity index (χ0n) is 15.2. The molecule has 0 bridgehead atoms. The van der Waals surface area contributed by atoms with Crippen molar-refractivity contribution >= 4 is 17.7 Å². The van der Waals surface area contributed by atoms with Gasteiger partial charge in [0.2, 0.25) is 0 Å². The molecule has 146 valence electrons. The molecule has 0 aliphatic rings. The molecule has 0 aromatic carbocycles. The molecule has 10 nitrogen and oxygen atoms in total. The van der Waals surface area contributed by atoms with E-state index in [1.807, 2.05) is 6.92 Å². The molecule has 0 radical (unpaired) electrons. The molecular weight excluding hydrogens is 344 g/mol. The van der Waals surface area contributed by atoms with Gasteiger partial charge < -0.3 is 25.2 Å². The van der Waals surface area contributed by atoms with Gasteiger partial charge in [0.15, 0.2) is 6.61 Å². The number of carbonyl (C=O) groups excluding carboxylic acids is 2. The van der Waals surface area contributed by atoms with Crippen molar-refractivity contribution in [2.24, 2.45) is 0 Å². The fourth-order valence-corrected chi connectivity index (χ4v) is 2.00. The van der Waals surface area contributed by atoms with Crippen LogP contribution in [0.1, 0.15) is 32.9 Å². The highest BCUT2D eigenvalue weighted by Crippen LogP contribution is 2.11. The van der Waals surface area contributed by atoms with Crippen LogP contribution in [0.4, 0.5) is 5.82 Å². The minimum absolute atomic E-state index is 0.0453. The van der Waals surface area contributed by atoms with Crippen molar-refractivity contribution in [3.05, 3.63) is 22.7 Å². The molecule has 1 aromatic rings. The molecule has 2 unspecified atom stereocenters. The lowest BCUT2D eigenvalue weighted by atomic mass is 10.3. The Labute approximate surface area is 151 Å². The maximum atomic E-state index is 12.1. The lowest BCUT2D eigenvalue weighted by Crippen LogP contribution is -2.31. The largest absolute Gasteiger partial charge is 0.456 e. The summed E-state index contributed by atoms with van der Waals surface area (Å²) in [5, 5.41) is 14.3. The molecule has 1 heterocycles. The third-order valence-corrected chi connectivity index (χ3v) is 3.48. The van der Waals surface area contributed by atoms with Crippen LogP contribution in [0.3, 0.4) is 0 Å². The number of ether oxygens (including phenoxy) is 2. The maximum Gasteiger partial charge on any atom is 0.351 e. The molecule has 0 saturated heterocycles. The van der Waals surface area contributed by atoms with Gasteiger partial charge in [-0.25, -0.2) is 4.79 Å². The first-order valence-electron chi connectivity index (χ1n) is 8.36. The topological polar surface area (TPSA) is 132 Å². The highest BCUT2D eigenvalue weighted by Gasteiger charge is 2.15. The van der Waals surface area contributed by atoms with E-state index in [4.69, 9.17) is 14.6 Å². The molecule has 1 aromatic heterocycles. The Morgan fingerprint density at radius 2 is 2.15 bits per heavy atom. The van der Waals surface area contributed by atoms with Gasteiger partial charge in [-0.05, 0) is 26.5 Å². The molecule has 0 aliphatic heterocycles. The van der Waals surface area contributed by atoms with E-state index < -0.39 is 30.4 Å². The molecule has 1 rings (SSSR count). The van der Waals surface area contributed by atoms with Gasteiger partial charge in [-0.2, -0.15) is 4.98 Å². The van der Waals surface area contributed by atoms with Crippen LogP contribution in [-0.4, -0.2) is 59.4 Å². The van der Waals surface area contributed by atoms with E-state index in [1.165, 1.54) is 16.8 Å². The predicted molar refractivity (Wildman–Crippen MR) is 93.6 cm³/mol. The van der Waals surface area contributed by atoms with E-state index >= 15 is 0 Å². The summed E-state index contributed by atoms with van der Waals surface area (Å²) >= 11 is 0. The number of esters is 1. The number of aliphatic hydroxyl groups is 1. The number of amides is 1. The molecule has 2 atom stereocenters. The normalized spacial score (nSPS) is 13.1. The van der Waals surface area contributed by atoms with Crippen LogP contribution in [0.2, 0.25) is 0 Å². The number of hydrogen-bond acceptors (Lipinski definition) is 8. The van der Waals surface area contributed by atoms with Gasteiger partial charge in [0.05, 0.1) is 19.1 Å². The molecule has 0 aliphatic carbocycles. The van der Waals surface area contributed by atoms with Gasteiger partial charge in [0, 0.05) is 12.7 Å². The summed E-state index contributed by atoms with van der Waals surface area (Å²) in [5.74, 6) is -1.05. The summed E-state index contributed by atoms with van der Waals surface area (Å²) in [7, 11) is 1.70. The zero-order valence-corrected chi connectivity index (χ0v) is 15.2. The number of nitrogens with zero attached hydrogens (tertiary/aromatic N) is 2. The van der Waals surface area contributed by atoms with Crippen molar-refractivity contribution in [2.45, 2.75) is 39.0 Å². The van der Waals surface area contributed by atoms with Gasteiger partial charge in [0.25, 0.3) is 5.91 Å². The van der Waals surface area contributed by atoms with Gasteiger partial charge in [-0.1, -0.05) is 6.92 Å². The van der Waals surface area contributed by atoms with Crippen molar-refractivity contribution in [3.8, 4) is 0 Å². The quantitative estimate of drug-likeness (QED) is 0.450. The highest BCUT2D eigenvalue weighted by atomic mass is 16.5. The third-order valence-electron chi connectivity index (χ3n) is 3.48. The van der Waals surface area contributed by atoms with E-state index in [9.17, 15) is 14.4 Å². The van der Waals surface area contributed by atoms with Crippen molar-refractivity contribution in [1.29, 1.82) is 0 Å². The molecule has 0 spiro atoms. The summed E-state index contributed by atoms with van der Waals surface area (Å²) in [5.41, 5.74) is -0.617. The Morgan fingerprint density at radius 3 is 2.73 bits per heavy atom. The number of anilines is 1. The van der Waals surface area contributed by atoms with Crippen LogP contribution in [0.25, 0.3) is 0 Å². The Kier molecular flexibility index (Phi) is 9.48. The third kappa shape index (κ3) is 7.30. The molecule has 3 N–H and O–H groups in total. The first kappa shape index (κ1) is 21.7. The first-order valence-corrected chi connectivity index (χ1v) is 8.36. The van der Waals surface area contributed by atoms with Crippen LogP contribution in [0.5, 0.6) is 0 Å². The average Bonchev–Trinajstić information content (AvgIpc) is 2.62. The standard InChI is InChI=1S/C16H26N4O6/c1-4-12(9-21)26-11(2)20-8-6-13(19-16(20)24)18-14(22)10-25-15(23)5-7-17-3/h6,8,11-12,17,21H,4-5,7,9-10H2,1-3H3,(H,18,19,22,24). The fraction of sp³-hybridized carbons (Fsp3) is 0.625. The Balaban J connectivity index is 2.60. The van der Waals surface area contributed by atoms with E-state index in [0.29, 0.717) is 13.0 Å². The maximum absolute atomic E-state index is 12.1. The number of aliphatic hydroxyl groups excluding tert-OH is 1. The van der Waals surface area contributed by atoms with Gasteiger partial charge in [-0.15, -0.1) is 0 Å². The number of hydrogen-bond donors (Lipinski definition) is 3. The predicted octanol–water partition coefficient (Wildman–Crippen LogP) is -0.359. The van der Waals surface area contributed by atoms with Gasteiger partial charge in [-0.3, -0.25) is 14.2 Å². The number of nitrogens with one attached hydrogen (secondary N) is 2. The summed E-state index contributed by atoms with van der Waals surface area (Å²) in [6.07, 6.45) is 1.18. The SMILES string of the molecule is CCC(CO)OC(C)n1ccc(NC(=O)COC(=O)CCNC)nc1=O. The average molecular weight is 370 g/mol. The van der Waals surface area contributed by atoms with Crippen molar-refractivity contribution < 1.29 is 24.2 Å². The lowest BCUT2D eigenvalue weighted by Gasteiger charge is -2.21. The Morgan fingerprint density at radius 1 is 1.42 bits per heavy atom. The van der Waals surface area contributed by atoms with Gasteiger partial charge >= 0.3 is 11.7 Å². The zero-order chi connectivity index (χ0) is 19.5. The highest BCUT2D eigenvalue weighted by molar-refractivity contribution is 5.91. The van der Waals surface area contributed by atoms with Gasteiger partial charge in [0.1, 0.15) is 12.0 Å². The van der Waals surface area contributed by atoms with Crippen LogP contribution < -0.4 is 16.3 Å². The Bertz CT molecular complexity index is 644. The van der Waals surface area contributed by atoms with Crippen LogP contribution >= 0.6 is 0 Å². The Hall–Kier alpha value is -2.30. The second-order valence-electron chi connectivity index (χ2n) is 5.51. The number of aromatic nitrogens is 2. The lowest BCUT2D eigenvalue weighted by molar-refractivity contribution is -0.147. The summed E-state index contributed by atoms with van der Waals surface area (Å²) in [4.78, 5) is 38.9. The molecule has 26 heavy (non-hydrogen) atoms. The smallest absolute Gasteiger partial charge is 0.351 e. The molecule has 10 heteroatoms. The van der Waals surface area contributed by atoms with E-state index in [0.717, 1.165) is 0 Å². The first-order chi connectivity index (χ1) is 12.4. The van der Waals surface area contributed by atoms with E-state index in [-0.39, 0.29) is 24.9 Å². The fourth-order valence-electron chi connectivity index (χ4n) is 2.00. The summed E-state index contributed by atoms with van der Waals surface area (Å²) in [6, 6.07) is 1.43. The van der Waals surface area contributed by atoms with Crippen molar-refractivity contribution in [1.82, 2.24) is 14.9 Å². The van der Waals surface area contributed by atoms with E-state index in [2.05, 4.69) is 15.6 Å². The van der Waals surface area contributed by atoms with Crippen LogP contribution in [0.15, 0.2) is 17.1 Å². The monoisotopic (exact) mass is 370 g/mol. The summed E-state index contributed by atoms with van der Waals surface area (Å²) < 4.78 is 11.6. The van der Waals surface area contributed by atoms with Crippen molar-refractivity contribution in [3.63, 3.8) is 0 Å². The molecule has 0 saturated carbocycles. The second-order valence-corrected chi connectivity index (χ2v) is 5.51. The number of carbonyl (C=O) groups is 2. The minimum Gasteiger partial charge on any atom is -0.456 e. The molecule has 0 fully saturated rings. The number of rotatable bonds is 11.